The fourth-order valence-corrected chi connectivity index (χ4v) is 1.50. The van der Waals surface area contributed by atoms with Crippen LogP contribution in [0.5, 0.6) is 17.2 Å². The molecule has 0 unspecified atom stereocenters. The monoisotopic (exact) mass is 211 g/mol. The normalized spacial score (nSPS) is 11.3. The molecule has 0 fully saturated rings. The Labute approximate surface area is 89.6 Å². The van der Waals surface area contributed by atoms with E-state index in [1.165, 1.54) is 20.3 Å². The summed E-state index contributed by atoms with van der Waals surface area (Å²) in [6.07, 6.45) is 0. The molecule has 0 saturated heterocycles. The summed E-state index contributed by atoms with van der Waals surface area (Å²) in [6, 6.07) is 3.22. The maximum atomic E-state index is 9.83. The van der Waals surface area contributed by atoms with Gasteiger partial charge in [0, 0.05) is 17.7 Å². The average molecular weight is 211 g/mol. The summed E-state index contributed by atoms with van der Waals surface area (Å²) in [7, 11) is 3.06. The third-order valence-corrected chi connectivity index (χ3v) is 2.15. The first-order valence-electron chi connectivity index (χ1n) is 4.64. The molecule has 0 aromatic heterocycles. The van der Waals surface area contributed by atoms with E-state index in [9.17, 15) is 5.11 Å². The molecule has 0 bridgehead atoms. The van der Waals surface area contributed by atoms with Gasteiger partial charge in [0.25, 0.3) is 0 Å². The lowest BCUT2D eigenvalue weighted by atomic mass is 9.93. The summed E-state index contributed by atoms with van der Waals surface area (Å²) in [5.41, 5.74) is 5.85. The number of phenols is 1. The Morgan fingerprint density at radius 1 is 1.20 bits per heavy atom. The number of hydrogen-bond acceptors (Lipinski definition) is 4. The van der Waals surface area contributed by atoms with Gasteiger partial charge in [0.05, 0.1) is 19.8 Å². The van der Waals surface area contributed by atoms with Crippen LogP contribution in [0, 0.1) is 0 Å². The van der Waals surface area contributed by atoms with Crippen LogP contribution in [0.1, 0.15) is 19.4 Å². The minimum atomic E-state index is -0.665. The van der Waals surface area contributed by atoms with E-state index in [0.717, 1.165) is 0 Å². The molecule has 0 radical (unpaired) electrons. The van der Waals surface area contributed by atoms with Gasteiger partial charge in [-0.15, -0.1) is 0 Å². The molecule has 0 spiro atoms. The Morgan fingerprint density at radius 2 is 1.80 bits per heavy atom. The van der Waals surface area contributed by atoms with Gasteiger partial charge in [-0.25, -0.2) is 0 Å². The van der Waals surface area contributed by atoms with Gasteiger partial charge in [0.2, 0.25) is 0 Å². The maximum Gasteiger partial charge on any atom is 0.131 e. The molecule has 0 aliphatic rings. The highest BCUT2D eigenvalue weighted by molar-refractivity contribution is 5.52. The van der Waals surface area contributed by atoms with Gasteiger partial charge >= 0.3 is 0 Å². The molecule has 0 atom stereocenters. The van der Waals surface area contributed by atoms with Crippen molar-refractivity contribution in [1.29, 1.82) is 0 Å². The second-order valence-electron chi connectivity index (χ2n) is 3.95. The Balaban J connectivity index is 3.38. The number of benzene rings is 1. The summed E-state index contributed by atoms with van der Waals surface area (Å²) in [4.78, 5) is 0. The molecule has 1 aromatic rings. The average Bonchev–Trinajstić information content (AvgIpc) is 2.14. The zero-order valence-corrected chi connectivity index (χ0v) is 9.50. The Morgan fingerprint density at radius 3 is 2.20 bits per heavy atom. The Kier molecular flexibility index (Phi) is 3.09. The lowest BCUT2D eigenvalue weighted by molar-refractivity contribution is 0.363. The molecular weight excluding hydrogens is 194 g/mol. The second kappa shape index (κ2) is 3.98. The van der Waals surface area contributed by atoms with E-state index in [4.69, 9.17) is 15.2 Å². The number of ether oxygens (including phenoxy) is 2. The van der Waals surface area contributed by atoms with Crippen molar-refractivity contribution in [3.05, 3.63) is 17.7 Å². The Hall–Kier alpha value is -1.42. The zero-order chi connectivity index (χ0) is 11.6. The SMILES string of the molecule is COc1cc(O)c(C(C)(C)N)c(OC)c1. The van der Waals surface area contributed by atoms with Crippen molar-refractivity contribution in [2.75, 3.05) is 14.2 Å². The van der Waals surface area contributed by atoms with Crippen molar-refractivity contribution in [3.63, 3.8) is 0 Å². The number of nitrogens with two attached hydrogens (primary N) is 1. The fourth-order valence-electron chi connectivity index (χ4n) is 1.50. The summed E-state index contributed by atoms with van der Waals surface area (Å²) < 4.78 is 10.2. The van der Waals surface area contributed by atoms with Gasteiger partial charge < -0.3 is 20.3 Å². The third-order valence-electron chi connectivity index (χ3n) is 2.15. The lowest BCUT2D eigenvalue weighted by Crippen LogP contribution is -2.29. The van der Waals surface area contributed by atoms with E-state index in [-0.39, 0.29) is 5.75 Å². The number of methoxy groups -OCH3 is 2. The molecule has 0 heterocycles. The van der Waals surface area contributed by atoms with Crippen LogP contribution in [0.4, 0.5) is 0 Å². The van der Waals surface area contributed by atoms with E-state index < -0.39 is 5.54 Å². The van der Waals surface area contributed by atoms with Crippen LogP contribution in [0.2, 0.25) is 0 Å². The minimum Gasteiger partial charge on any atom is -0.507 e. The van der Waals surface area contributed by atoms with Crippen molar-refractivity contribution in [2.24, 2.45) is 5.73 Å². The highest BCUT2D eigenvalue weighted by Crippen LogP contribution is 2.38. The van der Waals surface area contributed by atoms with Crippen LogP contribution in [0.25, 0.3) is 0 Å². The summed E-state index contributed by atoms with van der Waals surface area (Å²) in [5.74, 6) is 1.15. The molecule has 4 nitrogen and oxygen atoms in total. The number of rotatable bonds is 3. The van der Waals surface area contributed by atoms with Crippen LogP contribution in [0.3, 0.4) is 0 Å². The molecule has 4 heteroatoms. The quantitative estimate of drug-likeness (QED) is 0.797. The fraction of sp³-hybridized carbons (Fsp3) is 0.455. The predicted octanol–water partition coefficient (Wildman–Crippen LogP) is 1.60. The van der Waals surface area contributed by atoms with Crippen molar-refractivity contribution in [3.8, 4) is 17.2 Å². The molecule has 0 aliphatic heterocycles. The van der Waals surface area contributed by atoms with Crippen molar-refractivity contribution in [2.45, 2.75) is 19.4 Å². The minimum absolute atomic E-state index is 0.0821. The first kappa shape index (κ1) is 11.7. The maximum absolute atomic E-state index is 9.83. The molecule has 1 aromatic carbocycles. The first-order valence-corrected chi connectivity index (χ1v) is 4.64. The van der Waals surface area contributed by atoms with Crippen LogP contribution in [0.15, 0.2) is 12.1 Å². The van der Waals surface area contributed by atoms with E-state index in [1.54, 1.807) is 19.9 Å². The molecule has 1 rings (SSSR count). The predicted molar refractivity (Wildman–Crippen MR) is 58.4 cm³/mol. The van der Waals surface area contributed by atoms with Gasteiger partial charge in [0.15, 0.2) is 0 Å². The molecule has 0 aliphatic carbocycles. The number of aromatic hydroxyl groups is 1. The van der Waals surface area contributed by atoms with Crippen LogP contribution in [-0.2, 0) is 5.54 Å². The summed E-state index contributed by atoms with van der Waals surface area (Å²) >= 11 is 0. The molecule has 15 heavy (non-hydrogen) atoms. The third kappa shape index (κ3) is 2.33. The van der Waals surface area contributed by atoms with E-state index in [2.05, 4.69) is 0 Å². The van der Waals surface area contributed by atoms with Crippen molar-refractivity contribution >= 4 is 0 Å². The highest BCUT2D eigenvalue weighted by Gasteiger charge is 2.24. The molecule has 3 N–H and O–H groups in total. The molecule has 0 amide bonds. The molecule has 84 valence electrons. The van der Waals surface area contributed by atoms with Gasteiger partial charge in [-0.05, 0) is 13.8 Å². The molecular formula is C11H17NO3. The van der Waals surface area contributed by atoms with E-state index in [1.807, 2.05) is 0 Å². The highest BCUT2D eigenvalue weighted by atomic mass is 16.5. The van der Waals surface area contributed by atoms with Crippen LogP contribution in [-0.4, -0.2) is 19.3 Å². The molecule has 0 saturated carbocycles. The number of phenolic OH excluding ortho intramolecular Hbond substituents is 1. The largest absolute Gasteiger partial charge is 0.507 e. The smallest absolute Gasteiger partial charge is 0.131 e. The standard InChI is InChI=1S/C11H17NO3/c1-11(2,12)10-8(13)5-7(14-3)6-9(10)15-4/h5-6,13H,12H2,1-4H3. The topological polar surface area (TPSA) is 64.7 Å². The van der Waals surface area contributed by atoms with Gasteiger partial charge in [0.1, 0.15) is 17.2 Å². The zero-order valence-electron chi connectivity index (χ0n) is 9.50. The number of hydrogen-bond donors (Lipinski definition) is 2. The van der Waals surface area contributed by atoms with Crippen molar-refractivity contribution in [1.82, 2.24) is 0 Å². The Bertz CT molecular complexity index is 356. The summed E-state index contributed by atoms with van der Waals surface area (Å²) in [6.45, 7) is 3.61. The van der Waals surface area contributed by atoms with Crippen LogP contribution >= 0.6 is 0 Å². The van der Waals surface area contributed by atoms with E-state index >= 15 is 0 Å². The van der Waals surface area contributed by atoms with Crippen LogP contribution < -0.4 is 15.2 Å². The van der Waals surface area contributed by atoms with E-state index in [0.29, 0.717) is 17.1 Å². The van der Waals surface area contributed by atoms with Crippen molar-refractivity contribution < 1.29 is 14.6 Å². The van der Waals surface area contributed by atoms with Gasteiger partial charge in [-0.3, -0.25) is 0 Å². The lowest BCUT2D eigenvalue weighted by Gasteiger charge is -2.23. The second-order valence-corrected chi connectivity index (χ2v) is 3.95. The summed E-state index contributed by atoms with van der Waals surface area (Å²) in [5, 5.41) is 9.83. The first-order chi connectivity index (χ1) is 6.90. The van der Waals surface area contributed by atoms with Gasteiger partial charge in [-0.1, -0.05) is 0 Å². The van der Waals surface area contributed by atoms with Gasteiger partial charge in [-0.2, -0.15) is 0 Å².